The first-order chi connectivity index (χ1) is 6.92. The van der Waals surface area contributed by atoms with Gasteiger partial charge in [0.25, 0.3) is 0 Å². The average molecular weight is 190 g/mol. The van der Waals surface area contributed by atoms with Crippen molar-refractivity contribution in [3.63, 3.8) is 0 Å². The van der Waals surface area contributed by atoms with Crippen LogP contribution in [0.2, 0.25) is 0 Å². The lowest BCUT2D eigenvalue weighted by atomic mass is 10.2. The quantitative estimate of drug-likeness (QED) is 0.762. The summed E-state index contributed by atoms with van der Waals surface area (Å²) in [6, 6.07) is 8.15. The SMILES string of the molecule is OCCCN1C=CNc2ccccc21. The van der Waals surface area contributed by atoms with E-state index in [-0.39, 0.29) is 6.61 Å². The molecule has 0 aliphatic carbocycles. The van der Waals surface area contributed by atoms with Gasteiger partial charge in [0.1, 0.15) is 0 Å². The molecule has 1 aliphatic rings. The number of nitrogens with one attached hydrogen (secondary N) is 1. The molecule has 1 aromatic rings. The molecule has 0 fully saturated rings. The molecule has 1 heterocycles. The minimum absolute atomic E-state index is 0.236. The van der Waals surface area contributed by atoms with E-state index in [1.54, 1.807) is 0 Å². The van der Waals surface area contributed by atoms with Gasteiger partial charge in [-0.2, -0.15) is 0 Å². The molecule has 0 bridgehead atoms. The number of anilines is 2. The molecular weight excluding hydrogens is 176 g/mol. The van der Waals surface area contributed by atoms with Gasteiger partial charge < -0.3 is 15.3 Å². The summed E-state index contributed by atoms with van der Waals surface area (Å²) in [4.78, 5) is 2.14. The van der Waals surface area contributed by atoms with Gasteiger partial charge in [0, 0.05) is 25.6 Å². The minimum atomic E-state index is 0.236. The number of benzene rings is 1. The predicted molar refractivity (Wildman–Crippen MR) is 58.3 cm³/mol. The van der Waals surface area contributed by atoms with Crippen LogP contribution in [0.5, 0.6) is 0 Å². The molecule has 0 radical (unpaired) electrons. The van der Waals surface area contributed by atoms with Crippen LogP contribution in [-0.4, -0.2) is 18.3 Å². The van der Waals surface area contributed by atoms with E-state index in [0.717, 1.165) is 18.7 Å². The third kappa shape index (κ3) is 1.72. The maximum Gasteiger partial charge on any atom is 0.0645 e. The average Bonchev–Trinajstić information content (AvgIpc) is 2.26. The van der Waals surface area contributed by atoms with Crippen LogP contribution in [0.1, 0.15) is 6.42 Å². The fourth-order valence-corrected chi connectivity index (χ4v) is 1.58. The van der Waals surface area contributed by atoms with Crippen molar-refractivity contribution in [1.29, 1.82) is 0 Å². The van der Waals surface area contributed by atoms with E-state index in [2.05, 4.69) is 16.3 Å². The third-order valence-electron chi connectivity index (χ3n) is 2.26. The number of para-hydroxylation sites is 2. The zero-order valence-corrected chi connectivity index (χ0v) is 7.98. The Morgan fingerprint density at radius 2 is 2.14 bits per heavy atom. The van der Waals surface area contributed by atoms with Gasteiger partial charge in [0.05, 0.1) is 11.4 Å². The van der Waals surface area contributed by atoms with Crippen LogP contribution in [-0.2, 0) is 0 Å². The van der Waals surface area contributed by atoms with Crippen LogP contribution in [0.4, 0.5) is 11.4 Å². The lowest BCUT2D eigenvalue weighted by Crippen LogP contribution is -2.22. The van der Waals surface area contributed by atoms with Crippen molar-refractivity contribution in [2.75, 3.05) is 23.4 Å². The number of nitrogens with zero attached hydrogens (tertiary/aromatic N) is 1. The van der Waals surface area contributed by atoms with Crippen LogP contribution >= 0.6 is 0 Å². The van der Waals surface area contributed by atoms with E-state index in [0.29, 0.717) is 0 Å². The highest BCUT2D eigenvalue weighted by atomic mass is 16.3. The lowest BCUT2D eigenvalue weighted by Gasteiger charge is -2.26. The first-order valence-corrected chi connectivity index (χ1v) is 4.81. The van der Waals surface area contributed by atoms with Crippen molar-refractivity contribution in [2.24, 2.45) is 0 Å². The predicted octanol–water partition coefficient (Wildman–Crippen LogP) is 1.77. The second-order valence-corrected chi connectivity index (χ2v) is 3.25. The van der Waals surface area contributed by atoms with Crippen molar-refractivity contribution >= 4 is 11.4 Å². The van der Waals surface area contributed by atoms with Gasteiger partial charge in [0.15, 0.2) is 0 Å². The molecule has 2 N–H and O–H groups in total. The van der Waals surface area contributed by atoms with Gasteiger partial charge in [-0.15, -0.1) is 0 Å². The molecule has 3 nitrogen and oxygen atoms in total. The highest BCUT2D eigenvalue weighted by Crippen LogP contribution is 2.28. The number of aliphatic hydroxyl groups excluding tert-OH is 1. The summed E-state index contributed by atoms with van der Waals surface area (Å²) in [6.45, 7) is 1.09. The number of fused-ring (bicyclic) bond motifs is 1. The van der Waals surface area contributed by atoms with Crippen molar-refractivity contribution in [2.45, 2.75) is 6.42 Å². The number of rotatable bonds is 3. The molecule has 0 unspecified atom stereocenters. The second-order valence-electron chi connectivity index (χ2n) is 3.25. The first-order valence-electron chi connectivity index (χ1n) is 4.81. The minimum Gasteiger partial charge on any atom is -0.396 e. The zero-order chi connectivity index (χ0) is 9.80. The summed E-state index contributed by atoms with van der Waals surface area (Å²) in [5.41, 5.74) is 2.29. The van der Waals surface area contributed by atoms with Crippen molar-refractivity contribution in [3.8, 4) is 0 Å². The molecule has 0 saturated carbocycles. The molecule has 0 amide bonds. The fraction of sp³-hybridized carbons (Fsp3) is 0.273. The molecule has 0 saturated heterocycles. The molecule has 0 aromatic heterocycles. The Bertz CT molecular complexity index is 336. The molecule has 2 rings (SSSR count). The maximum absolute atomic E-state index is 8.78. The van der Waals surface area contributed by atoms with Gasteiger partial charge in [-0.05, 0) is 18.6 Å². The number of hydrogen-bond donors (Lipinski definition) is 2. The Labute approximate surface area is 83.7 Å². The molecule has 14 heavy (non-hydrogen) atoms. The van der Waals surface area contributed by atoms with Gasteiger partial charge in [0.2, 0.25) is 0 Å². The largest absolute Gasteiger partial charge is 0.396 e. The normalized spacial score (nSPS) is 13.6. The van der Waals surface area contributed by atoms with E-state index in [1.165, 1.54) is 5.69 Å². The first kappa shape index (κ1) is 9.09. The van der Waals surface area contributed by atoms with Crippen molar-refractivity contribution in [1.82, 2.24) is 0 Å². The third-order valence-corrected chi connectivity index (χ3v) is 2.26. The monoisotopic (exact) mass is 190 g/mol. The summed E-state index contributed by atoms with van der Waals surface area (Å²) in [5, 5.41) is 12.0. The molecule has 1 aliphatic heterocycles. The number of hydrogen-bond acceptors (Lipinski definition) is 3. The van der Waals surface area contributed by atoms with E-state index >= 15 is 0 Å². The highest BCUT2D eigenvalue weighted by molar-refractivity contribution is 5.74. The summed E-state index contributed by atoms with van der Waals surface area (Å²) in [5.74, 6) is 0. The lowest BCUT2D eigenvalue weighted by molar-refractivity contribution is 0.290. The second kappa shape index (κ2) is 4.15. The van der Waals surface area contributed by atoms with Gasteiger partial charge in [-0.1, -0.05) is 12.1 Å². The Morgan fingerprint density at radius 3 is 3.00 bits per heavy atom. The smallest absolute Gasteiger partial charge is 0.0645 e. The van der Waals surface area contributed by atoms with E-state index in [9.17, 15) is 0 Å². The summed E-state index contributed by atoms with van der Waals surface area (Å²) in [7, 11) is 0. The summed E-state index contributed by atoms with van der Waals surface area (Å²) in [6.07, 6.45) is 4.70. The Hall–Kier alpha value is -1.48. The Kier molecular flexibility index (Phi) is 2.70. The molecule has 74 valence electrons. The highest BCUT2D eigenvalue weighted by Gasteiger charge is 2.10. The van der Waals surface area contributed by atoms with Crippen LogP contribution < -0.4 is 10.2 Å². The molecule has 3 heteroatoms. The van der Waals surface area contributed by atoms with E-state index < -0.39 is 0 Å². The van der Waals surface area contributed by atoms with Crippen LogP contribution in [0.3, 0.4) is 0 Å². The van der Waals surface area contributed by atoms with Crippen molar-refractivity contribution < 1.29 is 5.11 Å². The van der Waals surface area contributed by atoms with E-state index in [4.69, 9.17) is 5.11 Å². The number of aliphatic hydroxyl groups is 1. The zero-order valence-electron chi connectivity index (χ0n) is 7.98. The van der Waals surface area contributed by atoms with Crippen LogP contribution in [0.25, 0.3) is 0 Å². The van der Waals surface area contributed by atoms with E-state index in [1.807, 2.05) is 30.6 Å². The molecule has 0 atom stereocenters. The topological polar surface area (TPSA) is 35.5 Å². The summed E-state index contributed by atoms with van der Waals surface area (Å²) < 4.78 is 0. The van der Waals surface area contributed by atoms with Crippen LogP contribution in [0, 0.1) is 0 Å². The molecular formula is C11H14N2O. The van der Waals surface area contributed by atoms with Gasteiger partial charge in [-0.3, -0.25) is 0 Å². The summed E-state index contributed by atoms with van der Waals surface area (Å²) >= 11 is 0. The maximum atomic E-state index is 8.78. The Balaban J connectivity index is 2.18. The van der Waals surface area contributed by atoms with Gasteiger partial charge >= 0.3 is 0 Å². The van der Waals surface area contributed by atoms with Gasteiger partial charge in [-0.25, -0.2) is 0 Å². The molecule has 1 aromatic carbocycles. The molecule has 0 spiro atoms. The van der Waals surface area contributed by atoms with Crippen molar-refractivity contribution in [3.05, 3.63) is 36.7 Å². The fourth-order valence-electron chi connectivity index (χ4n) is 1.58. The standard InChI is InChI=1S/C11H14N2O/c14-9-3-7-13-8-6-12-10-4-1-2-5-11(10)13/h1-2,4-6,8,12,14H,3,7,9H2. The van der Waals surface area contributed by atoms with Crippen LogP contribution in [0.15, 0.2) is 36.7 Å². The Morgan fingerprint density at radius 1 is 1.29 bits per heavy atom.